The van der Waals surface area contributed by atoms with Gasteiger partial charge in [-0.25, -0.2) is 9.31 Å². The van der Waals surface area contributed by atoms with Gasteiger partial charge in [0.05, 0.1) is 12.2 Å². The van der Waals surface area contributed by atoms with E-state index in [4.69, 9.17) is 10.1 Å². The molecule has 146 valence electrons. The van der Waals surface area contributed by atoms with Crippen molar-refractivity contribution in [3.63, 3.8) is 0 Å². The van der Waals surface area contributed by atoms with Crippen molar-refractivity contribution in [2.24, 2.45) is 0 Å². The number of carbonyl (C=O) groups is 1. The van der Waals surface area contributed by atoms with Gasteiger partial charge in [-0.2, -0.15) is 4.98 Å². The fourth-order valence-corrected chi connectivity index (χ4v) is 4.73. The van der Waals surface area contributed by atoms with Crippen molar-refractivity contribution in [3.8, 4) is 11.4 Å². The summed E-state index contributed by atoms with van der Waals surface area (Å²) >= 11 is 1.62. The van der Waals surface area contributed by atoms with Crippen molar-refractivity contribution in [1.82, 2.24) is 19.5 Å². The highest BCUT2D eigenvalue weighted by molar-refractivity contribution is 7.17. The fourth-order valence-electron chi connectivity index (χ4n) is 3.61. The molecule has 6 nitrogen and oxygen atoms in total. The molecule has 29 heavy (non-hydrogen) atoms. The zero-order valence-corrected chi connectivity index (χ0v) is 17.2. The Hall–Kier alpha value is -3.19. The average Bonchev–Trinajstić information content (AvgIpc) is 3.26. The molecule has 1 N–H and O–H groups in total. The van der Waals surface area contributed by atoms with Gasteiger partial charge in [0, 0.05) is 29.1 Å². The second kappa shape index (κ2) is 7.00. The molecular formula is C22H21N5OS. The first kappa shape index (κ1) is 17.9. The van der Waals surface area contributed by atoms with E-state index in [0.29, 0.717) is 13.1 Å². The minimum Gasteiger partial charge on any atom is -0.319 e. The van der Waals surface area contributed by atoms with Crippen LogP contribution in [0.3, 0.4) is 0 Å². The van der Waals surface area contributed by atoms with Crippen LogP contribution in [0, 0.1) is 13.8 Å². The van der Waals surface area contributed by atoms with Crippen LogP contribution >= 0.6 is 11.3 Å². The third-order valence-electron chi connectivity index (χ3n) is 5.19. The molecule has 7 heteroatoms. The number of thiazole rings is 1. The Labute approximate surface area is 172 Å². The number of hydrogen-bond donors (Lipinski definition) is 1. The van der Waals surface area contributed by atoms with Gasteiger partial charge in [0.1, 0.15) is 0 Å². The molecule has 0 spiro atoms. The lowest BCUT2D eigenvalue weighted by Crippen LogP contribution is -2.38. The summed E-state index contributed by atoms with van der Waals surface area (Å²) in [7, 11) is 0. The second-order valence-electron chi connectivity index (χ2n) is 7.44. The average molecular weight is 404 g/mol. The van der Waals surface area contributed by atoms with E-state index in [-0.39, 0.29) is 6.03 Å². The van der Waals surface area contributed by atoms with Crippen LogP contribution in [-0.2, 0) is 13.0 Å². The lowest BCUT2D eigenvalue weighted by atomic mass is 10.1. The van der Waals surface area contributed by atoms with Gasteiger partial charge in [-0.05, 0) is 31.5 Å². The number of anilines is 1. The van der Waals surface area contributed by atoms with Gasteiger partial charge in [0.15, 0.2) is 5.82 Å². The van der Waals surface area contributed by atoms with Crippen LogP contribution in [0.2, 0.25) is 0 Å². The lowest BCUT2D eigenvalue weighted by Gasteiger charge is -2.26. The molecule has 2 aromatic carbocycles. The molecule has 2 aromatic heterocycles. The summed E-state index contributed by atoms with van der Waals surface area (Å²) in [5.74, 6) is 0.749. The Balaban J connectivity index is 1.36. The second-order valence-corrected chi connectivity index (χ2v) is 8.50. The molecule has 3 heterocycles. The molecule has 0 aliphatic carbocycles. The summed E-state index contributed by atoms with van der Waals surface area (Å²) in [6.45, 7) is 5.33. The van der Waals surface area contributed by atoms with Crippen molar-refractivity contribution in [2.75, 3.05) is 11.9 Å². The maximum atomic E-state index is 12.7. The molecular weight excluding hydrogens is 382 g/mol. The quantitative estimate of drug-likeness (QED) is 0.529. The molecule has 0 fully saturated rings. The fraction of sp³-hybridized carbons (Fsp3) is 0.227. The predicted molar refractivity (Wildman–Crippen MR) is 115 cm³/mol. The van der Waals surface area contributed by atoms with Crippen molar-refractivity contribution < 1.29 is 4.79 Å². The SMILES string of the molecule is Cc1ccc(-c2nc3sc4c(n3n2)CCN(C(=O)Nc2cccc(C)c2)C4)cc1. The molecule has 0 unspecified atom stereocenters. The summed E-state index contributed by atoms with van der Waals surface area (Å²) in [5.41, 5.74) is 5.35. The zero-order chi connectivity index (χ0) is 20.0. The van der Waals surface area contributed by atoms with E-state index in [9.17, 15) is 4.79 Å². The summed E-state index contributed by atoms with van der Waals surface area (Å²) in [5, 5.41) is 7.73. The number of nitrogens with zero attached hydrogens (tertiary/aromatic N) is 4. The molecule has 0 saturated heterocycles. The number of hydrogen-bond acceptors (Lipinski definition) is 4. The third-order valence-corrected chi connectivity index (χ3v) is 6.25. The Morgan fingerprint density at radius 1 is 1.10 bits per heavy atom. The summed E-state index contributed by atoms with van der Waals surface area (Å²) in [6.07, 6.45) is 0.771. The van der Waals surface area contributed by atoms with Crippen LogP contribution in [0.5, 0.6) is 0 Å². The number of carbonyl (C=O) groups excluding carboxylic acids is 1. The molecule has 5 rings (SSSR count). The van der Waals surface area contributed by atoms with E-state index in [1.165, 1.54) is 5.56 Å². The summed E-state index contributed by atoms with van der Waals surface area (Å²) < 4.78 is 1.95. The van der Waals surface area contributed by atoms with E-state index in [0.717, 1.165) is 44.6 Å². The number of fused-ring (bicyclic) bond motifs is 3. The number of aryl methyl sites for hydroxylation is 2. The zero-order valence-electron chi connectivity index (χ0n) is 16.3. The van der Waals surface area contributed by atoms with E-state index >= 15 is 0 Å². The van der Waals surface area contributed by atoms with Crippen molar-refractivity contribution >= 4 is 28.0 Å². The van der Waals surface area contributed by atoms with Gasteiger partial charge in [0.25, 0.3) is 0 Å². The van der Waals surface area contributed by atoms with E-state index in [1.807, 2.05) is 40.6 Å². The van der Waals surface area contributed by atoms with Gasteiger partial charge in [-0.3, -0.25) is 0 Å². The number of nitrogens with one attached hydrogen (secondary N) is 1. The Morgan fingerprint density at radius 3 is 2.72 bits per heavy atom. The van der Waals surface area contributed by atoms with Crippen LogP contribution in [0.15, 0.2) is 48.5 Å². The van der Waals surface area contributed by atoms with Crippen molar-refractivity contribution in [3.05, 3.63) is 70.2 Å². The smallest absolute Gasteiger partial charge is 0.319 e. The Bertz CT molecular complexity index is 1210. The maximum Gasteiger partial charge on any atom is 0.322 e. The monoisotopic (exact) mass is 403 g/mol. The number of urea groups is 1. The third kappa shape index (κ3) is 3.38. The molecule has 0 saturated carbocycles. The van der Waals surface area contributed by atoms with Crippen molar-refractivity contribution in [1.29, 1.82) is 0 Å². The van der Waals surface area contributed by atoms with Crippen LogP contribution in [0.1, 0.15) is 21.7 Å². The van der Waals surface area contributed by atoms with Crippen LogP contribution in [0.4, 0.5) is 10.5 Å². The van der Waals surface area contributed by atoms with Crippen molar-refractivity contribution in [2.45, 2.75) is 26.8 Å². The number of rotatable bonds is 2. The summed E-state index contributed by atoms with van der Waals surface area (Å²) in [6, 6.07) is 16.0. The van der Waals surface area contributed by atoms with Gasteiger partial charge in [0.2, 0.25) is 4.96 Å². The highest BCUT2D eigenvalue weighted by atomic mass is 32.1. The van der Waals surface area contributed by atoms with Gasteiger partial charge >= 0.3 is 6.03 Å². The molecule has 4 aromatic rings. The molecule has 2 amide bonds. The molecule has 1 aliphatic rings. The first-order valence-corrected chi connectivity index (χ1v) is 10.5. The molecule has 1 aliphatic heterocycles. The standard InChI is InChI=1S/C22H21N5OS/c1-14-6-8-16(9-7-14)20-24-22-27(25-20)18-10-11-26(13-19(18)29-22)21(28)23-17-5-3-4-15(2)12-17/h3-9,12H,10-11,13H2,1-2H3,(H,23,28). The number of aromatic nitrogens is 3. The predicted octanol–water partition coefficient (Wildman–Crippen LogP) is 4.66. The summed E-state index contributed by atoms with van der Waals surface area (Å²) in [4.78, 5) is 21.3. The van der Waals surface area contributed by atoms with E-state index in [2.05, 4.69) is 36.5 Å². The maximum absolute atomic E-state index is 12.7. The Morgan fingerprint density at radius 2 is 1.93 bits per heavy atom. The molecule has 0 bridgehead atoms. The van der Waals surface area contributed by atoms with Gasteiger partial charge < -0.3 is 10.2 Å². The Kier molecular flexibility index (Phi) is 4.32. The van der Waals surface area contributed by atoms with E-state index < -0.39 is 0 Å². The van der Waals surface area contributed by atoms with Gasteiger partial charge in [-0.1, -0.05) is 53.3 Å². The lowest BCUT2D eigenvalue weighted by molar-refractivity contribution is 0.206. The highest BCUT2D eigenvalue weighted by Crippen LogP contribution is 2.30. The number of benzene rings is 2. The normalized spacial score (nSPS) is 13.5. The number of amides is 2. The van der Waals surface area contributed by atoms with Gasteiger partial charge in [-0.15, -0.1) is 5.10 Å². The topological polar surface area (TPSA) is 62.5 Å². The first-order valence-electron chi connectivity index (χ1n) is 9.64. The minimum atomic E-state index is -0.0689. The highest BCUT2D eigenvalue weighted by Gasteiger charge is 2.26. The largest absolute Gasteiger partial charge is 0.322 e. The van der Waals surface area contributed by atoms with Crippen LogP contribution in [0.25, 0.3) is 16.3 Å². The molecule has 0 atom stereocenters. The van der Waals surface area contributed by atoms with E-state index in [1.54, 1.807) is 11.3 Å². The molecule has 0 radical (unpaired) electrons. The van der Waals surface area contributed by atoms with Crippen LogP contribution < -0.4 is 5.32 Å². The first-order chi connectivity index (χ1) is 14.1. The minimum absolute atomic E-state index is 0.0689. The van der Waals surface area contributed by atoms with Crippen LogP contribution in [-0.4, -0.2) is 32.1 Å².